The first-order chi connectivity index (χ1) is 31.0. The molecule has 2 amide bonds. The van der Waals surface area contributed by atoms with E-state index in [0.717, 1.165) is 45.7 Å². The number of ketones is 1. The molecule has 12 heteroatoms. The Hall–Kier alpha value is -5.88. The fraction of sp³-hybridized carbons (Fsp3) is 0.321. The maximum atomic E-state index is 14.8. The van der Waals surface area contributed by atoms with Crippen LogP contribution in [-0.2, 0) is 19.1 Å². The van der Waals surface area contributed by atoms with Gasteiger partial charge in [-0.2, -0.15) is 13.2 Å². The molecular formula is C53H52ClF3N2O6. The first-order valence-electron chi connectivity index (χ1n) is 21.9. The molecule has 338 valence electrons. The summed E-state index contributed by atoms with van der Waals surface area (Å²) >= 11 is 6.38. The monoisotopic (exact) mass is 904 g/mol. The summed E-state index contributed by atoms with van der Waals surface area (Å²) in [6, 6.07) is 32.0. The summed E-state index contributed by atoms with van der Waals surface area (Å²) in [5.41, 5.74) is 1.03. The fourth-order valence-electron chi connectivity index (χ4n) is 9.85. The molecule has 4 unspecified atom stereocenters. The number of rotatable bonds is 9. The van der Waals surface area contributed by atoms with Crippen molar-refractivity contribution in [2.45, 2.75) is 89.1 Å². The van der Waals surface area contributed by atoms with Gasteiger partial charge in [0.05, 0.1) is 35.9 Å². The number of benzene rings is 5. The van der Waals surface area contributed by atoms with Gasteiger partial charge in [-0.15, -0.1) is 0 Å². The highest BCUT2D eigenvalue weighted by Gasteiger charge is 2.58. The minimum atomic E-state index is -4.62. The second-order valence-corrected chi connectivity index (χ2v) is 18.2. The van der Waals surface area contributed by atoms with E-state index in [2.05, 4.69) is 11.4 Å². The van der Waals surface area contributed by atoms with E-state index in [9.17, 15) is 33.0 Å². The average molecular weight is 905 g/mol. The number of aliphatic hydroxyl groups excluding tert-OH is 1. The summed E-state index contributed by atoms with van der Waals surface area (Å²) in [5, 5.41) is 29.6. The molecule has 0 radical (unpaired) electrons. The molecule has 1 heterocycles. The second-order valence-electron chi connectivity index (χ2n) is 17.8. The number of urea groups is 1. The van der Waals surface area contributed by atoms with Gasteiger partial charge >= 0.3 is 12.2 Å². The molecule has 6 aromatic rings. The summed E-state index contributed by atoms with van der Waals surface area (Å²) in [7, 11) is 1.57. The van der Waals surface area contributed by atoms with Gasteiger partial charge in [-0.25, -0.2) is 4.79 Å². The highest BCUT2D eigenvalue weighted by atomic mass is 35.5. The quantitative estimate of drug-likeness (QED) is 0.0984. The Bertz CT molecular complexity index is 2740. The number of nitrogens with one attached hydrogen (secondary N) is 1. The van der Waals surface area contributed by atoms with Gasteiger partial charge in [-0.3, -0.25) is 4.79 Å². The molecule has 5 aromatic carbocycles. The van der Waals surface area contributed by atoms with Crippen LogP contribution in [0.3, 0.4) is 0 Å². The first kappa shape index (κ1) is 45.7. The molecule has 1 saturated carbocycles. The summed E-state index contributed by atoms with van der Waals surface area (Å²) < 4.78 is 52.5. The minimum Gasteiger partial charge on any atom is -0.497 e. The number of furan rings is 1. The lowest BCUT2D eigenvalue weighted by atomic mass is 9.64. The number of carbonyl (C=O) groups excluding carboxylic acids is 2. The lowest BCUT2D eigenvalue weighted by Gasteiger charge is -2.46. The number of alkyl halides is 3. The smallest absolute Gasteiger partial charge is 0.416 e. The molecule has 3 aliphatic rings. The Morgan fingerprint density at radius 2 is 1.71 bits per heavy atom. The number of allylic oxidation sites excluding steroid dienone is 2. The van der Waals surface area contributed by atoms with Gasteiger partial charge in [-0.05, 0) is 146 Å². The van der Waals surface area contributed by atoms with Crippen molar-refractivity contribution in [3.8, 4) is 17.1 Å². The highest BCUT2D eigenvalue weighted by molar-refractivity contribution is 6.33. The van der Waals surface area contributed by atoms with Gasteiger partial charge in [0.2, 0.25) is 5.78 Å². The SMILES string of the molecule is COc1ccc(NC(=O)N(Cc2cccc3ccccc23)CC2(O)CCC3c4ccc(cc4C(=O)c4ccc(-c5cc(C(F)(F)F)ccc5Cl)o4)CC(O)CCC(C)=CCCC32C)cc1. The molecule has 8 nitrogen and oxygen atoms in total. The van der Waals surface area contributed by atoms with E-state index in [1.54, 1.807) is 42.3 Å². The number of nitrogens with zero attached hydrogens (tertiary/aromatic N) is 1. The number of anilines is 1. The van der Waals surface area contributed by atoms with Crippen molar-refractivity contribution in [3.05, 3.63) is 166 Å². The number of amides is 2. The third kappa shape index (κ3) is 9.60. The number of ether oxygens (including phenoxy) is 1. The first-order valence-corrected chi connectivity index (χ1v) is 22.3. The Balaban J connectivity index is 1.19. The van der Waals surface area contributed by atoms with Gasteiger partial charge in [0.1, 0.15) is 11.5 Å². The van der Waals surface area contributed by atoms with Gasteiger partial charge in [-0.1, -0.05) is 84.8 Å². The summed E-state index contributed by atoms with van der Waals surface area (Å²) in [6.45, 7) is 4.26. The summed E-state index contributed by atoms with van der Waals surface area (Å²) in [5.74, 6) is -0.344. The Morgan fingerprint density at radius 3 is 2.48 bits per heavy atom. The average Bonchev–Trinajstić information content (AvgIpc) is 3.87. The minimum absolute atomic E-state index is 0.00107. The predicted molar refractivity (Wildman–Crippen MR) is 247 cm³/mol. The van der Waals surface area contributed by atoms with E-state index in [1.165, 1.54) is 12.1 Å². The van der Waals surface area contributed by atoms with Gasteiger partial charge < -0.3 is 29.6 Å². The van der Waals surface area contributed by atoms with Crippen LogP contribution >= 0.6 is 11.6 Å². The van der Waals surface area contributed by atoms with Crippen LogP contribution in [-0.4, -0.2) is 52.3 Å². The van der Waals surface area contributed by atoms with Crippen LogP contribution in [0.2, 0.25) is 5.02 Å². The number of aliphatic hydroxyl groups is 2. The van der Waals surface area contributed by atoms with E-state index in [0.29, 0.717) is 61.1 Å². The third-order valence-electron chi connectivity index (χ3n) is 13.6. The Morgan fingerprint density at radius 1 is 0.938 bits per heavy atom. The number of halogens is 4. The molecule has 4 atom stereocenters. The standard InChI is InChI=1S/C53H52ClF3N2O6/c1-33-8-7-26-51(2)45(25-27-52(51,63)32-59(50(62)58-38-16-19-40(64-3)20-17-38)31-36-11-6-10-35-9-4-5-12-41(35)36)42-21-14-34(28-39(60)18-13-33)29-43(42)49(61)48-24-23-47(65-48)44-30-37(53(55,56)57)15-22-46(44)54/h4-6,8-12,14-17,19-24,29-30,39,45,60,63H,7,13,18,25-28,31-32H2,1-3H3,(H,58,62). The molecule has 0 spiro atoms. The summed E-state index contributed by atoms with van der Waals surface area (Å²) in [6.07, 6.45) is 0.195. The summed E-state index contributed by atoms with van der Waals surface area (Å²) in [4.78, 5) is 31.0. The lowest BCUT2D eigenvalue weighted by molar-refractivity contribution is -0.137. The maximum absolute atomic E-state index is 14.8. The van der Waals surface area contributed by atoms with Crippen LogP contribution in [0.25, 0.3) is 22.1 Å². The molecule has 9 rings (SSSR count). The number of hydrogen-bond acceptors (Lipinski definition) is 6. The van der Waals surface area contributed by atoms with Crippen molar-refractivity contribution in [1.82, 2.24) is 4.90 Å². The highest BCUT2D eigenvalue weighted by Crippen LogP contribution is 2.59. The zero-order valence-electron chi connectivity index (χ0n) is 36.6. The van der Waals surface area contributed by atoms with E-state index >= 15 is 0 Å². The van der Waals surface area contributed by atoms with Crippen molar-refractivity contribution >= 4 is 39.9 Å². The van der Waals surface area contributed by atoms with Crippen LogP contribution in [0.4, 0.5) is 23.7 Å². The van der Waals surface area contributed by atoms with Gasteiger partial charge in [0, 0.05) is 28.8 Å². The zero-order valence-corrected chi connectivity index (χ0v) is 37.3. The lowest BCUT2D eigenvalue weighted by Crippen LogP contribution is -2.54. The van der Waals surface area contributed by atoms with Gasteiger partial charge in [0.25, 0.3) is 0 Å². The number of methoxy groups -OCH3 is 1. The van der Waals surface area contributed by atoms with E-state index in [-0.39, 0.29) is 41.6 Å². The number of carbonyl (C=O) groups is 2. The molecule has 1 fully saturated rings. The van der Waals surface area contributed by atoms with Crippen LogP contribution in [0.15, 0.2) is 131 Å². The van der Waals surface area contributed by atoms with Crippen molar-refractivity contribution in [2.75, 3.05) is 19.0 Å². The zero-order chi connectivity index (χ0) is 46.1. The fourth-order valence-corrected chi connectivity index (χ4v) is 10.1. The van der Waals surface area contributed by atoms with Crippen molar-refractivity contribution < 1.29 is 42.1 Å². The molecule has 2 bridgehead atoms. The predicted octanol–water partition coefficient (Wildman–Crippen LogP) is 12.8. The number of fused-ring (bicyclic) bond motifs is 9. The molecule has 0 saturated heterocycles. The van der Waals surface area contributed by atoms with E-state index in [4.69, 9.17) is 20.8 Å². The normalized spacial score (nSPS) is 21.3. The Kier molecular flexibility index (Phi) is 13.0. The Labute approximate surface area is 381 Å². The van der Waals surface area contributed by atoms with Crippen molar-refractivity contribution in [3.63, 3.8) is 0 Å². The van der Waals surface area contributed by atoms with E-state index in [1.807, 2.05) is 68.4 Å². The third-order valence-corrected chi connectivity index (χ3v) is 14.0. The molecule has 3 N–H and O–H groups in total. The molecular weight excluding hydrogens is 853 g/mol. The molecule has 1 aromatic heterocycles. The van der Waals surface area contributed by atoms with Crippen LogP contribution in [0.5, 0.6) is 5.75 Å². The maximum Gasteiger partial charge on any atom is 0.416 e. The van der Waals surface area contributed by atoms with Gasteiger partial charge in [0.15, 0.2) is 5.76 Å². The molecule has 3 aliphatic carbocycles. The van der Waals surface area contributed by atoms with Crippen molar-refractivity contribution in [1.29, 1.82) is 0 Å². The second kappa shape index (κ2) is 18.5. The van der Waals surface area contributed by atoms with Crippen LogP contribution in [0, 0.1) is 5.41 Å². The topological polar surface area (TPSA) is 112 Å². The van der Waals surface area contributed by atoms with Crippen LogP contribution in [0.1, 0.15) is 96.7 Å². The molecule has 65 heavy (non-hydrogen) atoms. The van der Waals surface area contributed by atoms with Crippen molar-refractivity contribution in [2.24, 2.45) is 5.41 Å². The van der Waals surface area contributed by atoms with Crippen LogP contribution < -0.4 is 10.1 Å². The number of hydrogen-bond donors (Lipinski definition) is 3. The largest absolute Gasteiger partial charge is 0.497 e. The molecule has 0 aliphatic heterocycles. The van der Waals surface area contributed by atoms with E-state index < -0.39 is 46.6 Å².